The molecule has 39 heavy (non-hydrogen) atoms. The molecule has 0 radical (unpaired) electrons. The van der Waals surface area contributed by atoms with E-state index < -0.39 is 17.4 Å². The fourth-order valence-corrected chi connectivity index (χ4v) is 5.78. The van der Waals surface area contributed by atoms with Crippen LogP contribution >= 0.6 is 0 Å². The highest BCUT2D eigenvalue weighted by atomic mass is 19.1. The number of ether oxygens (including phenoxy) is 2. The Balaban J connectivity index is 1.57. The maximum atomic E-state index is 15.4. The van der Waals surface area contributed by atoms with Gasteiger partial charge in [0.1, 0.15) is 13.2 Å². The third-order valence-electron chi connectivity index (χ3n) is 7.93. The first-order valence-electron chi connectivity index (χ1n) is 13.1. The van der Waals surface area contributed by atoms with Gasteiger partial charge < -0.3 is 29.4 Å². The van der Waals surface area contributed by atoms with Crippen molar-refractivity contribution in [1.29, 1.82) is 0 Å². The molecule has 1 amide bonds. The highest BCUT2D eigenvalue weighted by Crippen LogP contribution is 2.46. The summed E-state index contributed by atoms with van der Waals surface area (Å²) in [6.07, 6.45) is 0.0334. The number of cyclic esters (lactones) is 1. The molecule has 0 saturated carbocycles. The average Bonchev–Trinajstić information content (AvgIpc) is 3.28. The molecular formula is C28H29FN4O6. The van der Waals surface area contributed by atoms with E-state index in [1.165, 1.54) is 15.5 Å². The molecule has 0 saturated heterocycles. The number of nitrogens with one attached hydrogen (secondary N) is 1. The van der Waals surface area contributed by atoms with Crippen LogP contribution in [0.3, 0.4) is 0 Å². The lowest BCUT2D eigenvalue weighted by molar-refractivity contribution is -0.172. The third kappa shape index (κ3) is 3.60. The molecule has 11 heteroatoms. The maximum absolute atomic E-state index is 15.4. The second-order valence-corrected chi connectivity index (χ2v) is 10.5. The predicted molar refractivity (Wildman–Crippen MR) is 140 cm³/mol. The zero-order valence-electron chi connectivity index (χ0n) is 22.2. The van der Waals surface area contributed by atoms with E-state index in [2.05, 4.69) is 5.32 Å². The van der Waals surface area contributed by atoms with Gasteiger partial charge in [-0.1, -0.05) is 20.8 Å². The molecule has 0 aliphatic carbocycles. The van der Waals surface area contributed by atoms with Gasteiger partial charge in [-0.2, -0.15) is 0 Å². The fourth-order valence-electron chi connectivity index (χ4n) is 5.78. The van der Waals surface area contributed by atoms with Crippen LogP contribution in [0, 0.1) is 12.7 Å². The van der Waals surface area contributed by atoms with Gasteiger partial charge in [0.2, 0.25) is 5.91 Å². The number of aliphatic hydroxyl groups is 1. The molecule has 3 aliphatic heterocycles. The first kappa shape index (κ1) is 25.4. The predicted octanol–water partition coefficient (Wildman–Crippen LogP) is 2.25. The number of fused-ring (bicyclic) bond motifs is 7. The number of hydrogen-bond donors (Lipinski definition) is 2. The van der Waals surface area contributed by atoms with Crippen molar-refractivity contribution in [2.45, 2.75) is 58.9 Å². The lowest BCUT2D eigenvalue weighted by Gasteiger charge is -2.32. The van der Waals surface area contributed by atoms with Crippen molar-refractivity contribution in [3.05, 3.63) is 50.6 Å². The van der Waals surface area contributed by atoms with Crippen LogP contribution in [-0.4, -0.2) is 52.3 Å². The molecule has 0 fully saturated rings. The summed E-state index contributed by atoms with van der Waals surface area (Å²) in [6, 6.07) is 3.00. The van der Waals surface area contributed by atoms with Crippen molar-refractivity contribution < 1.29 is 28.6 Å². The van der Waals surface area contributed by atoms with Gasteiger partial charge in [0, 0.05) is 28.6 Å². The molecule has 3 aliphatic rings. The largest absolute Gasteiger partial charge is 0.486 e. The Labute approximate surface area is 223 Å². The Morgan fingerprint density at radius 2 is 2.03 bits per heavy atom. The highest BCUT2D eigenvalue weighted by molar-refractivity contribution is 6.08. The van der Waals surface area contributed by atoms with E-state index in [-0.39, 0.29) is 73.7 Å². The van der Waals surface area contributed by atoms with Crippen molar-refractivity contribution in [3.63, 3.8) is 0 Å². The van der Waals surface area contributed by atoms with Crippen molar-refractivity contribution >= 4 is 28.5 Å². The van der Waals surface area contributed by atoms with Crippen LogP contribution in [0.1, 0.15) is 49.4 Å². The molecular weight excluding hydrogens is 507 g/mol. The Morgan fingerprint density at radius 1 is 1.26 bits per heavy atom. The van der Waals surface area contributed by atoms with Crippen molar-refractivity contribution in [1.82, 2.24) is 14.9 Å². The monoisotopic (exact) mass is 536 g/mol. The van der Waals surface area contributed by atoms with Gasteiger partial charge in [-0.05, 0) is 25.0 Å². The van der Waals surface area contributed by atoms with E-state index in [4.69, 9.17) is 14.5 Å². The molecule has 1 atom stereocenters. The first-order chi connectivity index (χ1) is 18.6. The molecule has 2 aromatic heterocycles. The molecule has 10 nitrogen and oxygen atoms in total. The third-order valence-corrected chi connectivity index (χ3v) is 7.93. The first-order valence-corrected chi connectivity index (χ1v) is 13.1. The van der Waals surface area contributed by atoms with E-state index in [1.807, 2.05) is 20.8 Å². The number of amides is 1. The summed E-state index contributed by atoms with van der Waals surface area (Å²) in [5.41, 5.74) is 1.14. The molecule has 1 aromatic carbocycles. The number of hydrogen-bond acceptors (Lipinski definition) is 8. The Kier molecular flexibility index (Phi) is 5.78. The number of pyridine rings is 2. The summed E-state index contributed by atoms with van der Waals surface area (Å²) in [4.78, 5) is 45.5. The van der Waals surface area contributed by atoms with E-state index in [1.54, 1.807) is 13.0 Å². The van der Waals surface area contributed by atoms with Gasteiger partial charge in [0.05, 0.1) is 47.8 Å². The fraction of sp³-hybridized carbons (Fsp3) is 0.429. The number of nitrogens with zero attached hydrogens (tertiary/aromatic N) is 3. The van der Waals surface area contributed by atoms with E-state index in [9.17, 15) is 19.5 Å². The van der Waals surface area contributed by atoms with Crippen LogP contribution in [0.4, 0.5) is 10.1 Å². The van der Waals surface area contributed by atoms with Crippen LogP contribution < -0.4 is 20.5 Å². The van der Waals surface area contributed by atoms with E-state index >= 15 is 4.39 Å². The molecule has 204 valence electrons. The number of aryl methyl sites for hydroxylation is 1. The van der Waals surface area contributed by atoms with E-state index in [0.29, 0.717) is 28.0 Å². The van der Waals surface area contributed by atoms with Gasteiger partial charge in [-0.3, -0.25) is 9.59 Å². The van der Waals surface area contributed by atoms with Crippen LogP contribution in [0.2, 0.25) is 0 Å². The van der Waals surface area contributed by atoms with Gasteiger partial charge >= 0.3 is 5.97 Å². The summed E-state index contributed by atoms with van der Waals surface area (Å²) in [5, 5.41) is 14.8. The highest BCUT2D eigenvalue weighted by Gasteiger charge is 2.45. The summed E-state index contributed by atoms with van der Waals surface area (Å²) < 4.78 is 27.7. The Bertz CT molecular complexity index is 1650. The average molecular weight is 537 g/mol. The second kappa shape index (κ2) is 8.85. The normalized spacial score (nSPS) is 19.4. The zero-order chi connectivity index (χ0) is 27.8. The van der Waals surface area contributed by atoms with Crippen LogP contribution in [0.15, 0.2) is 16.9 Å². The summed E-state index contributed by atoms with van der Waals surface area (Å²) >= 11 is 0. The minimum absolute atomic E-state index is 0.00306. The Hall–Kier alpha value is -3.83. The van der Waals surface area contributed by atoms with Gasteiger partial charge in [0.15, 0.2) is 17.2 Å². The van der Waals surface area contributed by atoms with Crippen molar-refractivity contribution in [2.75, 3.05) is 24.6 Å². The molecule has 0 bridgehead atoms. The summed E-state index contributed by atoms with van der Waals surface area (Å²) in [5.74, 6) is -1.64. The number of anilines is 1. The minimum atomic E-state index is -1.94. The number of esters is 1. The van der Waals surface area contributed by atoms with Gasteiger partial charge in [-0.25, -0.2) is 14.2 Å². The number of aromatic nitrogens is 2. The molecule has 2 N–H and O–H groups in total. The molecule has 3 aromatic rings. The standard InChI is InChI=1S/C28H29FN4O6/c1-5-28(37)17-8-20-23-15(11-33(20)26(35)16(17)12-39-27(28)36)14(4)22-19(31-23)9-18(29)25-24(22)32(6-7-38-25)21(34)10-30-13(2)3/h8-9,13,30,37H,5-7,10-12H2,1-4H3/t28-/m0/s1. The van der Waals surface area contributed by atoms with Crippen molar-refractivity contribution in [2.24, 2.45) is 0 Å². The SMILES string of the molecule is CC[C@@]1(O)C(=O)OCc2c1cc1n(c2=O)Cc2c-1nc1cc(F)c3c(c1c2C)N(C(=O)CNC(C)C)CCO3. The number of halogens is 1. The smallest absolute Gasteiger partial charge is 0.343 e. The van der Waals surface area contributed by atoms with Crippen LogP contribution in [0.25, 0.3) is 22.3 Å². The zero-order valence-corrected chi connectivity index (χ0v) is 22.2. The maximum Gasteiger partial charge on any atom is 0.343 e. The number of benzene rings is 1. The van der Waals surface area contributed by atoms with Gasteiger partial charge in [0.25, 0.3) is 5.56 Å². The van der Waals surface area contributed by atoms with Crippen LogP contribution in [0.5, 0.6) is 5.75 Å². The second-order valence-electron chi connectivity index (χ2n) is 10.5. The molecule has 0 unspecified atom stereocenters. The molecule has 6 rings (SSSR count). The summed E-state index contributed by atoms with van der Waals surface area (Å²) in [7, 11) is 0. The lowest BCUT2D eigenvalue weighted by atomic mass is 9.86. The Morgan fingerprint density at radius 3 is 2.74 bits per heavy atom. The quantitative estimate of drug-likeness (QED) is 0.381. The molecule has 0 spiro atoms. The lowest BCUT2D eigenvalue weighted by Crippen LogP contribution is -2.44. The van der Waals surface area contributed by atoms with Crippen molar-refractivity contribution in [3.8, 4) is 17.1 Å². The minimum Gasteiger partial charge on any atom is -0.486 e. The van der Waals surface area contributed by atoms with E-state index in [0.717, 1.165) is 11.1 Å². The number of carbonyl (C=O) groups is 2. The molecule has 5 heterocycles. The topological polar surface area (TPSA) is 123 Å². The van der Waals surface area contributed by atoms with Gasteiger partial charge in [-0.15, -0.1) is 0 Å². The van der Waals surface area contributed by atoms with Crippen LogP contribution in [-0.2, 0) is 33.1 Å². The number of carbonyl (C=O) groups excluding carboxylic acids is 2. The number of rotatable bonds is 4. The summed E-state index contributed by atoms with van der Waals surface area (Å²) in [6.45, 7) is 7.85.